The van der Waals surface area contributed by atoms with Gasteiger partial charge < -0.3 is 9.88 Å². The highest BCUT2D eigenvalue weighted by atomic mass is 15.3. The zero-order chi connectivity index (χ0) is 13.1. The van der Waals surface area contributed by atoms with Crippen LogP contribution in [0.5, 0.6) is 0 Å². The van der Waals surface area contributed by atoms with Gasteiger partial charge in [-0.2, -0.15) is 0 Å². The highest BCUT2D eigenvalue weighted by Gasteiger charge is 2.12. The van der Waals surface area contributed by atoms with Crippen LogP contribution in [0.15, 0.2) is 12.4 Å². The van der Waals surface area contributed by atoms with Crippen molar-refractivity contribution in [3.8, 4) is 0 Å². The van der Waals surface area contributed by atoms with Gasteiger partial charge in [-0.1, -0.05) is 6.92 Å². The van der Waals surface area contributed by atoms with Crippen LogP contribution in [0.4, 0.5) is 5.82 Å². The number of aromatic nitrogens is 5. The molecule has 0 aliphatic heterocycles. The number of hydrogen-bond donors (Lipinski definition) is 1. The third-order valence-electron chi connectivity index (χ3n) is 2.75. The molecule has 2 rings (SSSR count). The Morgan fingerprint density at radius 1 is 1.39 bits per heavy atom. The Bertz CT molecular complexity index is 533. The molecule has 1 N–H and O–H groups in total. The summed E-state index contributed by atoms with van der Waals surface area (Å²) in [7, 11) is 1.93. The normalized spacial score (nSPS) is 12.4. The molecule has 6 heteroatoms. The second-order valence-corrected chi connectivity index (χ2v) is 4.31. The van der Waals surface area contributed by atoms with Gasteiger partial charge in [0.2, 0.25) is 0 Å². The first-order valence-corrected chi connectivity index (χ1v) is 6.05. The summed E-state index contributed by atoms with van der Waals surface area (Å²) in [5.74, 6) is 2.49. The van der Waals surface area contributed by atoms with E-state index in [9.17, 15) is 0 Å². The van der Waals surface area contributed by atoms with Crippen LogP contribution in [-0.4, -0.2) is 24.7 Å². The number of nitrogens with one attached hydrogen (secondary N) is 1. The quantitative estimate of drug-likeness (QED) is 0.888. The first kappa shape index (κ1) is 12.5. The van der Waals surface area contributed by atoms with Gasteiger partial charge in [-0.3, -0.25) is 0 Å². The Hall–Kier alpha value is -1.98. The summed E-state index contributed by atoms with van der Waals surface area (Å²) in [6.07, 6.45) is 2.59. The number of nitrogens with zero attached hydrogens (tertiary/aromatic N) is 5. The zero-order valence-corrected chi connectivity index (χ0v) is 11.2. The number of anilines is 1. The Labute approximate surface area is 106 Å². The van der Waals surface area contributed by atoms with Crippen molar-refractivity contribution in [2.75, 3.05) is 5.32 Å². The summed E-state index contributed by atoms with van der Waals surface area (Å²) in [5, 5.41) is 11.3. The standard InChI is InChI=1S/C12H18N6/c1-5-10-6-11(16-9(3)15-10)14-8(2)12-17-13-7-18(12)4/h6-8H,5H2,1-4H3,(H,14,15,16). The fraction of sp³-hybridized carbons (Fsp3) is 0.500. The van der Waals surface area contributed by atoms with Crippen molar-refractivity contribution in [1.29, 1.82) is 0 Å². The van der Waals surface area contributed by atoms with E-state index in [1.165, 1.54) is 0 Å². The summed E-state index contributed by atoms with van der Waals surface area (Å²) < 4.78 is 1.90. The minimum atomic E-state index is 0.0523. The molecule has 1 unspecified atom stereocenters. The van der Waals surface area contributed by atoms with Gasteiger partial charge >= 0.3 is 0 Å². The third kappa shape index (κ3) is 2.64. The number of hydrogen-bond acceptors (Lipinski definition) is 5. The van der Waals surface area contributed by atoms with Crippen LogP contribution in [0.3, 0.4) is 0 Å². The number of rotatable bonds is 4. The molecule has 0 bridgehead atoms. The molecule has 0 radical (unpaired) electrons. The van der Waals surface area contributed by atoms with E-state index in [0.717, 1.165) is 29.6 Å². The Kier molecular flexibility index (Phi) is 3.55. The maximum Gasteiger partial charge on any atom is 0.154 e. The molecule has 0 aliphatic carbocycles. The van der Waals surface area contributed by atoms with E-state index in [1.54, 1.807) is 6.33 Å². The van der Waals surface area contributed by atoms with Crippen LogP contribution in [0.2, 0.25) is 0 Å². The minimum Gasteiger partial charge on any atom is -0.360 e. The SMILES string of the molecule is CCc1cc(NC(C)c2nncn2C)nc(C)n1. The zero-order valence-electron chi connectivity index (χ0n) is 11.2. The first-order valence-electron chi connectivity index (χ1n) is 6.05. The predicted molar refractivity (Wildman–Crippen MR) is 69.2 cm³/mol. The van der Waals surface area contributed by atoms with Crippen LogP contribution in [0.1, 0.15) is 37.2 Å². The molecule has 0 fully saturated rings. The summed E-state index contributed by atoms with van der Waals surface area (Å²) in [6, 6.07) is 2.02. The van der Waals surface area contributed by atoms with Crippen molar-refractivity contribution in [2.45, 2.75) is 33.2 Å². The van der Waals surface area contributed by atoms with E-state index in [4.69, 9.17) is 0 Å². The fourth-order valence-corrected chi connectivity index (χ4v) is 1.86. The molecular formula is C12H18N6. The van der Waals surface area contributed by atoms with Gasteiger partial charge in [0.05, 0.1) is 6.04 Å². The largest absolute Gasteiger partial charge is 0.360 e. The molecular weight excluding hydrogens is 228 g/mol. The maximum atomic E-state index is 4.38. The Balaban J connectivity index is 2.19. The topological polar surface area (TPSA) is 68.5 Å². The minimum absolute atomic E-state index is 0.0523. The average Bonchev–Trinajstić information content (AvgIpc) is 2.74. The highest BCUT2D eigenvalue weighted by Crippen LogP contribution is 2.16. The molecule has 2 aromatic heterocycles. The van der Waals surface area contributed by atoms with Crippen molar-refractivity contribution in [3.63, 3.8) is 0 Å². The van der Waals surface area contributed by atoms with Crippen molar-refractivity contribution in [1.82, 2.24) is 24.7 Å². The van der Waals surface area contributed by atoms with Gasteiger partial charge in [-0.15, -0.1) is 10.2 Å². The summed E-state index contributed by atoms with van der Waals surface area (Å²) in [5.41, 5.74) is 1.04. The summed E-state index contributed by atoms with van der Waals surface area (Å²) >= 11 is 0. The van der Waals surface area contributed by atoms with Crippen LogP contribution in [-0.2, 0) is 13.5 Å². The lowest BCUT2D eigenvalue weighted by Gasteiger charge is -2.14. The molecule has 0 aromatic carbocycles. The predicted octanol–water partition coefficient (Wildman–Crippen LogP) is 1.65. The van der Waals surface area contributed by atoms with Gasteiger partial charge in [-0.25, -0.2) is 9.97 Å². The Morgan fingerprint density at radius 3 is 2.78 bits per heavy atom. The second kappa shape index (κ2) is 5.12. The summed E-state index contributed by atoms with van der Waals surface area (Å²) in [4.78, 5) is 8.74. The smallest absolute Gasteiger partial charge is 0.154 e. The van der Waals surface area contributed by atoms with Gasteiger partial charge in [-0.05, 0) is 20.3 Å². The second-order valence-electron chi connectivity index (χ2n) is 4.31. The Morgan fingerprint density at radius 2 is 2.17 bits per heavy atom. The van der Waals surface area contributed by atoms with Crippen molar-refractivity contribution in [3.05, 3.63) is 29.7 Å². The molecule has 18 heavy (non-hydrogen) atoms. The fourth-order valence-electron chi connectivity index (χ4n) is 1.86. The maximum absolute atomic E-state index is 4.38. The van der Waals surface area contributed by atoms with Crippen molar-refractivity contribution in [2.24, 2.45) is 7.05 Å². The van der Waals surface area contributed by atoms with E-state index in [1.807, 2.05) is 31.5 Å². The van der Waals surface area contributed by atoms with Gasteiger partial charge in [0.1, 0.15) is 18.0 Å². The van der Waals surface area contributed by atoms with Gasteiger partial charge in [0.25, 0.3) is 0 Å². The van der Waals surface area contributed by atoms with Gasteiger partial charge in [0, 0.05) is 18.8 Å². The molecule has 96 valence electrons. The van der Waals surface area contributed by atoms with E-state index < -0.39 is 0 Å². The van der Waals surface area contributed by atoms with Crippen molar-refractivity contribution >= 4 is 5.82 Å². The molecule has 0 amide bonds. The lowest BCUT2D eigenvalue weighted by molar-refractivity contribution is 0.714. The van der Waals surface area contributed by atoms with Crippen LogP contribution in [0, 0.1) is 6.92 Å². The van der Waals surface area contributed by atoms with E-state index >= 15 is 0 Å². The molecule has 2 aromatic rings. The van der Waals surface area contributed by atoms with E-state index in [-0.39, 0.29) is 6.04 Å². The third-order valence-corrected chi connectivity index (χ3v) is 2.75. The van der Waals surface area contributed by atoms with Crippen LogP contribution < -0.4 is 5.32 Å². The molecule has 2 heterocycles. The first-order chi connectivity index (χ1) is 8.60. The molecule has 1 atom stereocenters. The lowest BCUT2D eigenvalue weighted by atomic mass is 10.3. The van der Waals surface area contributed by atoms with E-state index in [2.05, 4.69) is 32.4 Å². The molecule has 6 nitrogen and oxygen atoms in total. The molecule has 0 aliphatic rings. The van der Waals surface area contributed by atoms with Crippen LogP contribution >= 0.6 is 0 Å². The van der Waals surface area contributed by atoms with E-state index in [0.29, 0.717) is 0 Å². The van der Waals surface area contributed by atoms with Crippen molar-refractivity contribution < 1.29 is 0 Å². The lowest BCUT2D eigenvalue weighted by Crippen LogP contribution is -2.13. The molecule has 0 saturated heterocycles. The summed E-state index contributed by atoms with van der Waals surface area (Å²) in [6.45, 7) is 6.02. The molecule has 0 spiro atoms. The monoisotopic (exact) mass is 246 g/mol. The highest BCUT2D eigenvalue weighted by molar-refractivity contribution is 5.37. The van der Waals surface area contributed by atoms with Gasteiger partial charge in [0.15, 0.2) is 5.82 Å². The number of aryl methyl sites for hydroxylation is 3. The van der Waals surface area contributed by atoms with Crippen LogP contribution in [0.25, 0.3) is 0 Å². The molecule has 0 saturated carbocycles. The average molecular weight is 246 g/mol.